The van der Waals surface area contributed by atoms with Crippen LogP contribution in [0.4, 0.5) is 0 Å². The average Bonchev–Trinajstić information content (AvgIpc) is 1.41. The normalized spacial score (nSPS) is 10.0. The topological polar surface area (TPSA) is 260 Å². The summed E-state index contributed by atoms with van der Waals surface area (Å²) >= 11 is 0. The Kier molecular flexibility index (Phi) is 33.5. The van der Waals surface area contributed by atoms with E-state index in [0.717, 1.165) is 0 Å². The van der Waals surface area contributed by atoms with Crippen LogP contribution in [0.2, 0.25) is 0 Å². The van der Waals surface area contributed by atoms with Crippen LogP contribution in [0.1, 0.15) is 0 Å². The van der Waals surface area contributed by atoms with Crippen molar-refractivity contribution in [1.82, 2.24) is 0 Å². The number of hydrogen-bond donors (Lipinski definition) is 6. The van der Waals surface area contributed by atoms with Crippen LogP contribution in [0.15, 0.2) is 0 Å². The summed E-state index contributed by atoms with van der Waals surface area (Å²) in [6, 6.07) is 0. The van der Waals surface area contributed by atoms with E-state index < -0.39 is 27.1 Å². The molecule has 0 aromatic carbocycles. The zero-order chi connectivity index (χ0) is 13.5. The van der Waals surface area contributed by atoms with Gasteiger partial charge in [-0.25, -0.2) is 0 Å². The summed E-state index contributed by atoms with van der Waals surface area (Å²) in [7, 11) is -15.3. The molecule has 0 amide bonds. The first-order valence-electron chi connectivity index (χ1n) is 2.57. The molecule has 0 aliphatic rings. The molecule has 0 saturated carbocycles. The molecule has 0 bridgehead atoms. The van der Waals surface area contributed by atoms with E-state index in [9.17, 15) is 0 Å². The molecule has 0 fully saturated rings. The molecule has 0 atom stereocenters. The Bertz CT molecular complexity index is 102. The average molecular weight is 412 g/mol. The fourth-order valence-electron chi connectivity index (χ4n) is 0. The van der Waals surface area contributed by atoms with Gasteiger partial charge in [-0.2, -0.15) is 0 Å². The van der Waals surface area contributed by atoms with E-state index in [1.165, 1.54) is 0 Å². The molecule has 0 radical (unpaired) electrons. The van der Waals surface area contributed by atoms with Crippen molar-refractivity contribution in [3.05, 3.63) is 0 Å². The van der Waals surface area contributed by atoms with Gasteiger partial charge < -0.3 is 66.6 Å². The summed E-state index contributed by atoms with van der Waals surface area (Å²) in [5, 5.41) is 0. The maximum Gasteiger partial charge on any atom is 2.00 e. The molecule has 0 spiro atoms. The molecule has 0 saturated heterocycles. The first-order chi connectivity index (χ1) is 6.00. The van der Waals surface area contributed by atoms with Gasteiger partial charge in [-0.3, -0.25) is 0 Å². The molecule has 18 heavy (non-hydrogen) atoms. The summed E-state index contributed by atoms with van der Waals surface area (Å²) in [6.45, 7) is 0. The van der Waals surface area contributed by atoms with Gasteiger partial charge in [0.25, 0.3) is 0 Å². The van der Waals surface area contributed by atoms with Crippen molar-refractivity contribution in [3.8, 4) is 0 Å². The minimum atomic E-state index is -5.61. The Morgan fingerprint density at radius 1 is 0.611 bits per heavy atom. The van der Waals surface area contributed by atoms with Gasteiger partial charge in [-0.15, -0.1) is 0 Å². The molecule has 0 aliphatic heterocycles. The van der Waals surface area contributed by atoms with E-state index in [1.54, 1.807) is 0 Å². The maximum atomic E-state index is 8.80. The molecule has 0 aromatic rings. The molecule has 6 N–H and O–H groups in total. The van der Waals surface area contributed by atoms with Crippen molar-refractivity contribution in [3.63, 3.8) is 0 Å². The van der Waals surface area contributed by atoms with E-state index in [4.69, 9.17) is 57.5 Å². The van der Waals surface area contributed by atoms with Crippen molar-refractivity contribution in [1.29, 1.82) is 0 Å². The zero-order valence-corrected chi connectivity index (χ0v) is 18.3. The third-order valence-electron chi connectivity index (χ3n) is 0. The van der Waals surface area contributed by atoms with Crippen LogP contribution in [0.5, 0.6) is 0 Å². The van der Waals surface area contributed by atoms with Gasteiger partial charge in [0, 0.05) is 0 Å². The molecule has 0 rings (SSSR count). The Morgan fingerprint density at radius 3 is 0.611 bits per heavy atom. The summed E-state index contributed by atoms with van der Waals surface area (Å²) in [4.78, 5) is 95.4. The van der Waals surface area contributed by atoms with E-state index in [0.29, 0.717) is 0 Å². The maximum absolute atomic E-state index is 8.80. The monoisotopic (exact) mass is 410 g/mol. The van der Waals surface area contributed by atoms with Gasteiger partial charge >= 0.3 is 89.3 Å². The fraction of sp³-hybridized carbons (Fsp3) is 0. The third kappa shape index (κ3) is 752. The molecular formula is H6CaMgO12Si3Zn. The second-order valence-corrected chi connectivity index (χ2v) is 4.95. The Labute approximate surface area is 163 Å². The molecule has 0 aromatic heterocycles. The van der Waals surface area contributed by atoms with Crippen molar-refractivity contribution in [2.45, 2.75) is 0 Å². The van der Waals surface area contributed by atoms with E-state index in [-0.39, 0.29) is 80.3 Å². The fourth-order valence-corrected chi connectivity index (χ4v) is 0. The van der Waals surface area contributed by atoms with Crippen LogP contribution < -0.4 is 28.8 Å². The summed E-state index contributed by atoms with van der Waals surface area (Å²) in [5.74, 6) is 0. The minimum absolute atomic E-state index is 0. The summed E-state index contributed by atoms with van der Waals surface area (Å²) in [5.41, 5.74) is 0. The molecule has 18 heteroatoms. The molecule has 12 nitrogen and oxygen atoms in total. The first kappa shape index (κ1) is 37.2. The van der Waals surface area contributed by atoms with Crippen molar-refractivity contribution in [2.24, 2.45) is 0 Å². The standard InChI is InChI=1S/Ca.Mg.H4O4Si.H2O4Si.O4Si.Zn/c;;3*1-5(2,3)4;/h;;1-4H;1-2H;;/q2*+2;;-2;-4;+2. The zero-order valence-electron chi connectivity index (χ0n) is 8.75. The largest absolute Gasteiger partial charge is 2.00 e. The van der Waals surface area contributed by atoms with Crippen LogP contribution in [0, 0.1) is 0 Å². The minimum Gasteiger partial charge on any atom is -0.894 e. The second-order valence-electron chi connectivity index (χ2n) is 1.65. The quantitative estimate of drug-likeness (QED) is 0.203. The predicted octanol–water partition coefficient (Wildman–Crippen LogP) is -12.4. The number of rotatable bonds is 0. The summed E-state index contributed by atoms with van der Waals surface area (Å²) < 4.78 is 0. The molecular weight excluding hydrogens is 406 g/mol. The van der Waals surface area contributed by atoms with Crippen molar-refractivity contribution < 1.29 is 77.0 Å². The Balaban J connectivity index is -0.0000000277. The van der Waals surface area contributed by atoms with E-state index >= 15 is 0 Å². The van der Waals surface area contributed by atoms with Crippen LogP contribution in [0.25, 0.3) is 0 Å². The Hall–Kier alpha value is 2.82. The van der Waals surface area contributed by atoms with E-state index in [2.05, 4.69) is 0 Å². The van der Waals surface area contributed by atoms with Crippen LogP contribution in [-0.2, 0) is 19.5 Å². The van der Waals surface area contributed by atoms with Gasteiger partial charge in [0.15, 0.2) is 0 Å². The molecule has 0 heterocycles. The predicted molar refractivity (Wildman–Crippen MR) is 42.1 cm³/mol. The second kappa shape index (κ2) is 16.2. The van der Waals surface area contributed by atoms with Gasteiger partial charge in [0.05, 0.1) is 0 Å². The van der Waals surface area contributed by atoms with Crippen molar-refractivity contribution >= 4 is 87.9 Å². The summed E-state index contributed by atoms with van der Waals surface area (Å²) in [6.07, 6.45) is 0. The number of hydrogen-bond acceptors (Lipinski definition) is 12. The van der Waals surface area contributed by atoms with Gasteiger partial charge in [0.2, 0.25) is 0 Å². The van der Waals surface area contributed by atoms with Crippen LogP contribution >= 0.6 is 0 Å². The molecule has 0 aliphatic carbocycles. The molecule has 0 unspecified atom stereocenters. The van der Waals surface area contributed by atoms with E-state index in [1.807, 2.05) is 0 Å². The van der Waals surface area contributed by atoms with Gasteiger partial charge in [-0.05, 0) is 0 Å². The van der Waals surface area contributed by atoms with Gasteiger partial charge in [0.1, 0.15) is 9.05 Å². The Morgan fingerprint density at radius 2 is 0.611 bits per heavy atom. The first-order valence-corrected chi connectivity index (χ1v) is 7.70. The van der Waals surface area contributed by atoms with Crippen LogP contribution in [-0.4, -0.2) is 117 Å². The molecule has 96 valence electrons. The van der Waals surface area contributed by atoms with Crippen LogP contribution in [0.3, 0.4) is 0 Å². The van der Waals surface area contributed by atoms with Gasteiger partial charge in [-0.1, -0.05) is 0 Å². The van der Waals surface area contributed by atoms with Crippen molar-refractivity contribution in [2.75, 3.05) is 0 Å². The SMILES string of the molecule is O[Si](O)(O)O.[Ca+2].[Mg+2].[O-][Si]([O-])(O)O.[O-][Si]([O-])([O-])[O-].[Zn+2]. The smallest absolute Gasteiger partial charge is 0.894 e. The third-order valence-corrected chi connectivity index (χ3v) is 0.